The molecule has 0 bridgehead atoms. The molecule has 0 saturated carbocycles. The number of ether oxygens (including phenoxy) is 2. The first-order valence-corrected chi connectivity index (χ1v) is 4.80. The van der Waals surface area contributed by atoms with Gasteiger partial charge in [0.25, 0.3) is 6.17 Å². The van der Waals surface area contributed by atoms with Crippen molar-refractivity contribution in [2.75, 3.05) is 7.11 Å². The highest BCUT2D eigenvalue weighted by Gasteiger charge is 2.52. The van der Waals surface area contributed by atoms with Gasteiger partial charge in [-0.25, -0.2) is 9.18 Å². The normalized spacial score (nSPS) is 16.8. The van der Waals surface area contributed by atoms with Gasteiger partial charge in [-0.2, -0.15) is 8.78 Å². The van der Waals surface area contributed by atoms with E-state index in [1.165, 1.54) is 0 Å². The van der Waals surface area contributed by atoms with Crippen LogP contribution in [0.25, 0.3) is 0 Å². The Morgan fingerprint density at radius 1 is 1.25 bits per heavy atom. The number of carbonyl (C=O) groups excluding carboxylic acids is 1. The van der Waals surface area contributed by atoms with Crippen LogP contribution in [0.3, 0.4) is 0 Å². The average molecular weight is 242 g/mol. The maximum absolute atomic E-state index is 13.4. The first-order valence-electron chi connectivity index (χ1n) is 4.80. The van der Waals surface area contributed by atoms with Crippen LogP contribution in [-0.4, -0.2) is 36.9 Å². The van der Waals surface area contributed by atoms with Gasteiger partial charge in [-0.1, -0.05) is 0 Å². The van der Waals surface area contributed by atoms with Crippen LogP contribution in [0, 0.1) is 0 Å². The molecule has 0 aliphatic heterocycles. The van der Waals surface area contributed by atoms with Gasteiger partial charge >= 0.3 is 11.9 Å². The van der Waals surface area contributed by atoms with Gasteiger partial charge in [0.1, 0.15) is 6.10 Å². The quantitative estimate of drug-likeness (QED) is 0.710. The summed E-state index contributed by atoms with van der Waals surface area (Å²) >= 11 is 0. The Morgan fingerprint density at radius 3 is 2.00 bits per heavy atom. The Morgan fingerprint density at radius 2 is 1.69 bits per heavy atom. The number of methoxy groups -OCH3 is 1. The Hall–Kier alpha value is -0.780. The Kier molecular flexibility index (Phi) is 4.79. The van der Waals surface area contributed by atoms with Crippen LogP contribution in [0.5, 0.6) is 0 Å². The number of alkyl halides is 3. The van der Waals surface area contributed by atoms with Gasteiger partial charge < -0.3 is 9.47 Å². The number of rotatable bonds is 4. The summed E-state index contributed by atoms with van der Waals surface area (Å²) in [6.45, 7) is 5.70. The number of carbonyl (C=O) groups is 1. The molecular weight excluding hydrogens is 225 g/mol. The molecule has 0 heterocycles. The van der Waals surface area contributed by atoms with Crippen molar-refractivity contribution in [1.82, 2.24) is 0 Å². The number of hydrogen-bond acceptors (Lipinski definition) is 3. The predicted molar refractivity (Wildman–Crippen MR) is 52.2 cm³/mol. The summed E-state index contributed by atoms with van der Waals surface area (Å²) in [4.78, 5) is 10.7. The first-order chi connectivity index (χ1) is 7.02. The van der Waals surface area contributed by atoms with E-state index in [1.807, 2.05) is 0 Å². The van der Waals surface area contributed by atoms with E-state index in [0.717, 1.165) is 14.0 Å². The van der Waals surface area contributed by atoms with Crippen LogP contribution in [0.2, 0.25) is 0 Å². The average Bonchev–Trinajstić information content (AvgIpc) is 2.12. The fraction of sp³-hybridized carbons (Fsp3) is 0.900. The summed E-state index contributed by atoms with van der Waals surface area (Å²) in [6, 6.07) is 0. The molecule has 3 nitrogen and oxygen atoms in total. The van der Waals surface area contributed by atoms with Crippen LogP contribution in [0.4, 0.5) is 13.2 Å². The lowest BCUT2D eigenvalue weighted by Crippen LogP contribution is -2.48. The topological polar surface area (TPSA) is 35.5 Å². The van der Waals surface area contributed by atoms with Crippen LogP contribution in [0.15, 0.2) is 0 Å². The highest BCUT2D eigenvalue weighted by Crippen LogP contribution is 2.31. The van der Waals surface area contributed by atoms with Crippen molar-refractivity contribution in [1.29, 1.82) is 0 Å². The van der Waals surface area contributed by atoms with E-state index in [2.05, 4.69) is 4.74 Å². The van der Waals surface area contributed by atoms with Crippen LogP contribution < -0.4 is 0 Å². The first kappa shape index (κ1) is 15.2. The van der Waals surface area contributed by atoms with Gasteiger partial charge in [0.15, 0.2) is 0 Å². The van der Waals surface area contributed by atoms with E-state index in [4.69, 9.17) is 4.74 Å². The summed E-state index contributed by atoms with van der Waals surface area (Å²) in [7, 11) is 0.847. The lowest BCUT2D eigenvalue weighted by molar-refractivity contribution is -0.209. The summed E-state index contributed by atoms with van der Waals surface area (Å²) in [5.74, 6) is -5.52. The van der Waals surface area contributed by atoms with Gasteiger partial charge in [-0.15, -0.1) is 0 Å². The lowest BCUT2D eigenvalue weighted by atomic mass is 10.1. The van der Waals surface area contributed by atoms with Crippen molar-refractivity contribution in [3.05, 3.63) is 0 Å². The summed E-state index contributed by atoms with van der Waals surface area (Å²) in [5.41, 5.74) is -0.849. The third kappa shape index (κ3) is 4.00. The number of hydrogen-bond donors (Lipinski definition) is 0. The molecule has 0 N–H and O–H groups in total. The maximum atomic E-state index is 13.4. The van der Waals surface area contributed by atoms with Gasteiger partial charge in [0, 0.05) is 0 Å². The molecule has 2 unspecified atom stereocenters. The molecule has 96 valence electrons. The molecule has 0 aromatic carbocycles. The fourth-order valence-corrected chi connectivity index (χ4v) is 1.08. The molecule has 0 amide bonds. The molecule has 16 heavy (non-hydrogen) atoms. The van der Waals surface area contributed by atoms with Crippen molar-refractivity contribution < 1.29 is 27.4 Å². The van der Waals surface area contributed by atoms with Crippen molar-refractivity contribution in [3.8, 4) is 0 Å². The van der Waals surface area contributed by atoms with Crippen molar-refractivity contribution in [3.63, 3.8) is 0 Å². The lowest BCUT2D eigenvalue weighted by Gasteiger charge is -2.31. The molecule has 0 aliphatic rings. The number of esters is 1. The summed E-state index contributed by atoms with van der Waals surface area (Å²) in [5, 5.41) is 0. The molecule has 0 aromatic heterocycles. The zero-order valence-corrected chi connectivity index (χ0v) is 10.0. The second-order valence-electron chi connectivity index (χ2n) is 4.43. The maximum Gasteiger partial charge on any atom is 0.347 e. The van der Waals surface area contributed by atoms with E-state index in [1.54, 1.807) is 20.8 Å². The van der Waals surface area contributed by atoms with Crippen LogP contribution >= 0.6 is 0 Å². The molecule has 6 heteroatoms. The minimum atomic E-state index is -3.92. The summed E-state index contributed by atoms with van der Waals surface area (Å²) < 4.78 is 48.7. The second kappa shape index (κ2) is 5.03. The third-order valence-corrected chi connectivity index (χ3v) is 1.82. The summed E-state index contributed by atoms with van der Waals surface area (Å²) in [6.07, 6.45) is -4.74. The van der Waals surface area contributed by atoms with Gasteiger partial charge in [-0.05, 0) is 27.7 Å². The smallest absolute Gasteiger partial charge is 0.347 e. The van der Waals surface area contributed by atoms with E-state index in [0.29, 0.717) is 0 Å². The fourth-order valence-electron chi connectivity index (χ4n) is 1.08. The highest BCUT2D eigenvalue weighted by atomic mass is 19.3. The SMILES string of the molecule is COC(=O)C(F)C(F)(F)C(C)OC(C)(C)C. The minimum absolute atomic E-state index is 0.847. The van der Waals surface area contributed by atoms with Crippen molar-refractivity contribution in [2.45, 2.75) is 51.5 Å². The van der Waals surface area contributed by atoms with E-state index in [9.17, 15) is 18.0 Å². The largest absolute Gasteiger partial charge is 0.467 e. The Balaban J connectivity index is 4.70. The molecule has 0 aliphatic carbocycles. The molecule has 2 atom stereocenters. The third-order valence-electron chi connectivity index (χ3n) is 1.82. The Bertz CT molecular complexity index is 248. The highest BCUT2D eigenvalue weighted by molar-refractivity contribution is 5.75. The number of halogens is 3. The molecule has 0 radical (unpaired) electrons. The Labute approximate surface area is 92.9 Å². The predicted octanol–water partition coefficient (Wildman–Crippen LogP) is 2.34. The van der Waals surface area contributed by atoms with E-state index in [-0.39, 0.29) is 0 Å². The van der Waals surface area contributed by atoms with E-state index < -0.39 is 29.8 Å². The molecule has 0 saturated heterocycles. The monoisotopic (exact) mass is 242 g/mol. The van der Waals surface area contributed by atoms with Crippen LogP contribution in [0.1, 0.15) is 27.7 Å². The molecule has 0 rings (SSSR count). The van der Waals surface area contributed by atoms with Crippen LogP contribution in [-0.2, 0) is 14.3 Å². The zero-order valence-electron chi connectivity index (χ0n) is 10.0. The zero-order chi connectivity index (χ0) is 13.1. The molecule has 0 spiro atoms. The van der Waals surface area contributed by atoms with Crippen molar-refractivity contribution in [2.24, 2.45) is 0 Å². The van der Waals surface area contributed by atoms with Gasteiger partial charge in [0.2, 0.25) is 0 Å². The second-order valence-corrected chi connectivity index (χ2v) is 4.43. The van der Waals surface area contributed by atoms with Crippen molar-refractivity contribution >= 4 is 5.97 Å². The van der Waals surface area contributed by atoms with Gasteiger partial charge in [0.05, 0.1) is 12.7 Å². The molecule has 0 aromatic rings. The van der Waals surface area contributed by atoms with Gasteiger partial charge in [-0.3, -0.25) is 0 Å². The molecular formula is C10H17F3O3. The molecule has 0 fully saturated rings. The standard InChI is InChI=1S/C10H17F3O3/c1-6(16-9(2,3)4)10(12,13)7(11)8(14)15-5/h6-7H,1-5H3. The van der Waals surface area contributed by atoms with E-state index >= 15 is 0 Å². The minimum Gasteiger partial charge on any atom is -0.467 e.